The fourth-order valence-corrected chi connectivity index (χ4v) is 6.01. The average Bonchev–Trinajstić information content (AvgIpc) is 3.01. The average molecular weight is 481 g/mol. The molecule has 1 aliphatic rings. The van der Waals surface area contributed by atoms with E-state index in [1.807, 2.05) is 0 Å². The van der Waals surface area contributed by atoms with Crippen LogP contribution in [0.25, 0.3) is 0 Å². The quantitative estimate of drug-likeness (QED) is 0.537. The van der Waals surface area contributed by atoms with Gasteiger partial charge in [0.05, 0.1) is 27.0 Å². The number of ether oxygens (including phenoxy) is 1. The molecule has 0 radical (unpaired) electrons. The zero-order valence-corrected chi connectivity index (χ0v) is 19.6. The molecular weight excluding hydrogens is 456 g/mol. The van der Waals surface area contributed by atoms with E-state index in [0.29, 0.717) is 6.42 Å². The number of carbonyl (C=O) groups excluding carboxylic acids is 2. The summed E-state index contributed by atoms with van der Waals surface area (Å²) in [6.45, 7) is 3.35. The van der Waals surface area contributed by atoms with E-state index < -0.39 is 43.9 Å². The summed E-state index contributed by atoms with van der Waals surface area (Å²) in [5, 5.41) is -0.0217. The minimum atomic E-state index is -3.80. The zero-order valence-electron chi connectivity index (χ0n) is 17.2. The maximum absolute atomic E-state index is 12.8. The Balaban J connectivity index is 2.20. The number of benzene rings is 1. The van der Waals surface area contributed by atoms with Crippen molar-refractivity contribution in [3.8, 4) is 0 Å². The van der Waals surface area contributed by atoms with E-state index in [0.717, 1.165) is 10.4 Å². The van der Waals surface area contributed by atoms with Crippen LogP contribution in [0.15, 0.2) is 23.1 Å². The van der Waals surface area contributed by atoms with Crippen LogP contribution in [-0.2, 0) is 29.4 Å². The van der Waals surface area contributed by atoms with Gasteiger partial charge in [-0.2, -0.15) is 0 Å². The van der Waals surface area contributed by atoms with Crippen LogP contribution in [0.3, 0.4) is 0 Å². The van der Waals surface area contributed by atoms with Gasteiger partial charge in [0.2, 0.25) is 10.0 Å². The van der Waals surface area contributed by atoms with Crippen LogP contribution in [-0.4, -0.2) is 82.2 Å². The lowest BCUT2D eigenvalue weighted by atomic mass is 10.2. The maximum Gasteiger partial charge on any atom is 0.340 e. The van der Waals surface area contributed by atoms with Gasteiger partial charge in [-0.05, 0) is 38.5 Å². The topological polar surface area (TPSA) is 118 Å². The van der Waals surface area contributed by atoms with Crippen molar-refractivity contribution in [2.24, 2.45) is 0 Å². The molecule has 1 saturated heterocycles. The molecule has 0 unspecified atom stereocenters. The van der Waals surface area contributed by atoms with Crippen molar-refractivity contribution in [3.63, 3.8) is 0 Å². The molecule has 0 saturated carbocycles. The summed E-state index contributed by atoms with van der Waals surface area (Å²) in [6.07, 6.45) is -0.871. The van der Waals surface area contributed by atoms with E-state index in [4.69, 9.17) is 16.3 Å². The molecule has 1 heterocycles. The predicted octanol–water partition coefficient (Wildman–Crippen LogP) is 1.17. The molecular formula is C18H25ClN2O7S2. The maximum atomic E-state index is 12.8. The van der Waals surface area contributed by atoms with Crippen molar-refractivity contribution in [1.82, 2.24) is 9.21 Å². The number of amides is 1. The third-order valence-electron chi connectivity index (χ3n) is 4.84. The number of esters is 1. The van der Waals surface area contributed by atoms with Gasteiger partial charge in [-0.15, -0.1) is 0 Å². The smallest absolute Gasteiger partial charge is 0.340 e. The molecule has 1 aromatic carbocycles. The van der Waals surface area contributed by atoms with Crippen molar-refractivity contribution < 1.29 is 31.2 Å². The molecule has 9 nitrogen and oxygen atoms in total. The normalized spacial score (nSPS) is 19.5. The van der Waals surface area contributed by atoms with E-state index in [2.05, 4.69) is 0 Å². The fraction of sp³-hybridized carbons (Fsp3) is 0.556. The molecule has 1 amide bonds. The van der Waals surface area contributed by atoms with E-state index in [-0.39, 0.29) is 33.5 Å². The van der Waals surface area contributed by atoms with Gasteiger partial charge in [-0.3, -0.25) is 4.79 Å². The van der Waals surface area contributed by atoms with Crippen molar-refractivity contribution >= 4 is 43.3 Å². The minimum Gasteiger partial charge on any atom is -0.449 e. The second-order valence-electron chi connectivity index (χ2n) is 7.16. The van der Waals surface area contributed by atoms with Crippen molar-refractivity contribution in [1.29, 1.82) is 0 Å². The Morgan fingerprint density at radius 1 is 1.30 bits per heavy atom. The summed E-state index contributed by atoms with van der Waals surface area (Å²) in [5.41, 5.74) is -0.189. The number of hydrogen-bond acceptors (Lipinski definition) is 7. The Kier molecular flexibility index (Phi) is 7.54. The monoisotopic (exact) mass is 480 g/mol. The van der Waals surface area contributed by atoms with E-state index in [1.165, 1.54) is 38.1 Å². The number of sulfone groups is 1. The number of nitrogens with zero attached hydrogens (tertiary/aromatic N) is 2. The van der Waals surface area contributed by atoms with Crippen LogP contribution >= 0.6 is 11.6 Å². The molecule has 1 aliphatic heterocycles. The largest absolute Gasteiger partial charge is 0.449 e. The Bertz CT molecular complexity index is 1040. The summed E-state index contributed by atoms with van der Waals surface area (Å²) in [4.78, 5) is 26.6. The zero-order chi connectivity index (χ0) is 22.9. The Morgan fingerprint density at radius 3 is 2.43 bits per heavy atom. The number of likely N-dealkylation sites (N-methyl/N-ethyl adjacent to an activating group) is 1. The highest BCUT2D eigenvalue weighted by molar-refractivity contribution is 7.91. The van der Waals surface area contributed by atoms with Crippen LogP contribution in [0.5, 0.6) is 0 Å². The molecule has 1 aromatic rings. The van der Waals surface area contributed by atoms with Crippen LogP contribution in [0.4, 0.5) is 0 Å². The second-order valence-corrected chi connectivity index (χ2v) is 11.9. The molecule has 2 atom stereocenters. The molecule has 12 heteroatoms. The molecule has 0 bridgehead atoms. The fourth-order valence-electron chi connectivity index (χ4n) is 3.16. The minimum absolute atomic E-state index is 0.0123. The molecule has 2 rings (SSSR count). The first-order valence-corrected chi connectivity index (χ1v) is 12.9. The van der Waals surface area contributed by atoms with Crippen molar-refractivity contribution in [2.45, 2.75) is 37.3 Å². The van der Waals surface area contributed by atoms with Crippen LogP contribution in [0, 0.1) is 0 Å². The molecule has 168 valence electrons. The molecule has 0 spiro atoms. The van der Waals surface area contributed by atoms with E-state index in [1.54, 1.807) is 6.92 Å². The third kappa shape index (κ3) is 5.32. The first-order chi connectivity index (χ1) is 13.8. The van der Waals surface area contributed by atoms with Gasteiger partial charge in [-0.1, -0.05) is 11.6 Å². The lowest BCUT2D eigenvalue weighted by molar-refractivity contribution is -0.141. The van der Waals surface area contributed by atoms with Gasteiger partial charge in [0.1, 0.15) is 0 Å². The van der Waals surface area contributed by atoms with Gasteiger partial charge in [-0.25, -0.2) is 25.9 Å². The van der Waals surface area contributed by atoms with Crippen molar-refractivity contribution in [2.75, 3.05) is 32.1 Å². The van der Waals surface area contributed by atoms with Crippen molar-refractivity contribution in [3.05, 3.63) is 28.8 Å². The van der Waals surface area contributed by atoms with Crippen LogP contribution in [0.2, 0.25) is 5.02 Å². The molecule has 0 aliphatic carbocycles. The second kappa shape index (κ2) is 9.21. The highest BCUT2D eigenvalue weighted by atomic mass is 35.5. The lowest BCUT2D eigenvalue weighted by Gasteiger charge is -2.29. The number of sulfonamides is 1. The standard InChI is InChI=1S/C18H25ClN2O7S2/c1-5-21(13-8-9-29(24,25)11-13)17(22)12(2)28-18(23)15-10-14(6-7-16(15)19)30(26,27)20(3)4/h6-7,10,12-13H,5,8-9,11H2,1-4H3/t12-,13+/m1/s1. The van der Waals surface area contributed by atoms with Gasteiger partial charge >= 0.3 is 5.97 Å². The molecule has 30 heavy (non-hydrogen) atoms. The molecule has 0 N–H and O–H groups in total. The number of rotatable bonds is 7. The Morgan fingerprint density at radius 2 is 1.93 bits per heavy atom. The van der Waals surface area contributed by atoms with Crippen LogP contribution in [0.1, 0.15) is 30.6 Å². The molecule has 1 fully saturated rings. The number of hydrogen-bond donors (Lipinski definition) is 0. The van der Waals surface area contributed by atoms with E-state index >= 15 is 0 Å². The first kappa shape index (κ1) is 24.6. The lowest BCUT2D eigenvalue weighted by Crippen LogP contribution is -2.46. The van der Waals surface area contributed by atoms with Gasteiger partial charge in [0, 0.05) is 26.7 Å². The third-order valence-corrected chi connectivity index (χ3v) is 8.73. The van der Waals surface area contributed by atoms with E-state index in [9.17, 15) is 26.4 Å². The predicted molar refractivity (Wildman–Crippen MR) is 112 cm³/mol. The van der Waals surface area contributed by atoms with Gasteiger partial charge < -0.3 is 9.64 Å². The highest BCUT2D eigenvalue weighted by Gasteiger charge is 2.36. The summed E-state index contributed by atoms with van der Waals surface area (Å²) in [5.74, 6) is -1.59. The first-order valence-electron chi connectivity index (χ1n) is 9.24. The number of halogens is 1. The Hall–Kier alpha value is -1.69. The van der Waals surface area contributed by atoms with Crippen LogP contribution < -0.4 is 0 Å². The summed E-state index contributed by atoms with van der Waals surface area (Å²) in [7, 11) is -4.28. The van der Waals surface area contributed by atoms with Gasteiger partial charge in [0.15, 0.2) is 15.9 Å². The molecule has 0 aromatic heterocycles. The number of carbonyl (C=O) groups is 2. The highest BCUT2D eigenvalue weighted by Crippen LogP contribution is 2.24. The summed E-state index contributed by atoms with van der Waals surface area (Å²) < 4.78 is 54.3. The summed E-state index contributed by atoms with van der Waals surface area (Å²) in [6, 6.07) is 3.16. The van der Waals surface area contributed by atoms with Gasteiger partial charge in [0.25, 0.3) is 5.91 Å². The SMILES string of the molecule is CCN(C(=O)[C@@H](C)OC(=O)c1cc(S(=O)(=O)N(C)C)ccc1Cl)[C@H]1CCS(=O)(=O)C1. The summed E-state index contributed by atoms with van der Waals surface area (Å²) >= 11 is 6.04. The Labute approximate surface area is 181 Å².